The number of fused-ring (bicyclic) bond motifs is 1. The monoisotopic (exact) mass is 325 g/mol. The van der Waals surface area contributed by atoms with Gasteiger partial charge in [0.1, 0.15) is 12.8 Å². The highest BCUT2D eigenvalue weighted by atomic mass is 16.5. The quantitative estimate of drug-likeness (QED) is 0.854. The molecule has 24 heavy (non-hydrogen) atoms. The number of rotatable bonds is 5. The molecule has 3 rings (SSSR count). The summed E-state index contributed by atoms with van der Waals surface area (Å²) in [6.45, 7) is 6.14. The van der Waals surface area contributed by atoms with E-state index in [-0.39, 0.29) is 35.6 Å². The van der Waals surface area contributed by atoms with Gasteiger partial charge < -0.3 is 15.1 Å². The van der Waals surface area contributed by atoms with Crippen LogP contribution in [0.2, 0.25) is 0 Å². The van der Waals surface area contributed by atoms with E-state index < -0.39 is 0 Å². The molecule has 2 aromatic rings. The molecule has 0 aliphatic carbocycles. The van der Waals surface area contributed by atoms with Crippen LogP contribution in [0.15, 0.2) is 60.0 Å². The van der Waals surface area contributed by atoms with Crippen molar-refractivity contribution in [1.29, 1.82) is 0 Å². The van der Waals surface area contributed by atoms with Crippen LogP contribution in [0.1, 0.15) is 23.0 Å². The number of nitrogens with one attached hydrogen (secondary N) is 1. The summed E-state index contributed by atoms with van der Waals surface area (Å²) in [7, 11) is 0. The molecule has 0 fully saturated rings. The highest BCUT2D eigenvalue weighted by Gasteiger charge is 2.32. The molecule has 1 aliphatic rings. The van der Waals surface area contributed by atoms with Gasteiger partial charge in [-0.05, 0) is 12.5 Å². The fourth-order valence-corrected chi connectivity index (χ4v) is 2.66. The molecule has 1 unspecified atom stereocenters. The Hall–Kier alpha value is -3.02. The van der Waals surface area contributed by atoms with Gasteiger partial charge in [-0.15, -0.1) is 6.58 Å². The third-order valence-electron chi connectivity index (χ3n) is 3.86. The lowest BCUT2D eigenvalue weighted by atomic mass is 10.2. The second kappa shape index (κ2) is 6.62. The van der Waals surface area contributed by atoms with Gasteiger partial charge in [-0.25, -0.2) is 0 Å². The van der Waals surface area contributed by atoms with Gasteiger partial charge >= 0.3 is 0 Å². The molecule has 1 aromatic carbocycles. The number of ether oxygens (including phenoxy) is 1. The first-order chi connectivity index (χ1) is 11.6. The molecular formula is C18H19N3O3. The van der Waals surface area contributed by atoms with Gasteiger partial charge in [-0.1, -0.05) is 36.4 Å². The molecule has 2 heterocycles. The first-order valence-electron chi connectivity index (χ1n) is 7.72. The minimum atomic E-state index is -0.319. The summed E-state index contributed by atoms with van der Waals surface area (Å²) in [5, 5.41) is 0. The molecule has 6 nitrogen and oxygen atoms in total. The molecule has 0 saturated heterocycles. The Bertz CT molecular complexity index is 814. The zero-order valence-electron chi connectivity index (χ0n) is 13.4. The fraction of sp³-hybridized carbons (Fsp3) is 0.222. The van der Waals surface area contributed by atoms with E-state index in [4.69, 9.17) is 4.74 Å². The molecular weight excluding hydrogens is 306 g/mol. The van der Waals surface area contributed by atoms with Crippen LogP contribution in [0.3, 0.4) is 0 Å². The maximum atomic E-state index is 12.8. The molecule has 0 bridgehead atoms. The summed E-state index contributed by atoms with van der Waals surface area (Å²) >= 11 is 0. The largest absolute Gasteiger partial charge is 0.482 e. The van der Waals surface area contributed by atoms with Crippen LogP contribution < -0.4 is 15.6 Å². The average Bonchev–Trinajstić information content (AvgIpc) is 2.59. The second-order valence-corrected chi connectivity index (χ2v) is 5.55. The van der Waals surface area contributed by atoms with E-state index in [0.29, 0.717) is 6.54 Å². The van der Waals surface area contributed by atoms with Crippen LogP contribution in [0.4, 0.5) is 0 Å². The number of carbonyl (C=O) groups is 1. The Balaban J connectivity index is 1.96. The van der Waals surface area contributed by atoms with Crippen LogP contribution >= 0.6 is 0 Å². The molecule has 6 heteroatoms. The number of hydrogen-bond donors (Lipinski definition) is 1. The van der Waals surface area contributed by atoms with Crippen molar-refractivity contribution in [3.05, 3.63) is 76.7 Å². The summed E-state index contributed by atoms with van der Waals surface area (Å²) in [5.74, 6) is -0.207. The van der Waals surface area contributed by atoms with Crippen LogP contribution in [0.25, 0.3) is 0 Å². The van der Waals surface area contributed by atoms with Crippen molar-refractivity contribution in [3.63, 3.8) is 0 Å². The number of aromatic nitrogens is 1. The van der Waals surface area contributed by atoms with Crippen molar-refractivity contribution in [1.82, 2.24) is 9.58 Å². The number of amides is 1. The van der Waals surface area contributed by atoms with E-state index in [1.165, 1.54) is 6.07 Å². The van der Waals surface area contributed by atoms with E-state index in [9.17, 15) is 9.59 Å². The van der Waals surface area contributed by atoms with Gasteiger partial charge in [0.15, 0.2) is 11.4 Å². The Morgan fingerprint density at radius 3 is 2.71 bits per heavy atom. The van der Waals surface area contributed by atoms with Crippen LogP contribution in [0, 0.1) is 0 Å². The second-order valence-electron chi connectivity index (χ2n) is 5.55. The van der Waals surface area contributed by atoms with Gasteiger partial charge in [-0.2, -0.15) is 0 Å². The minimum Gasteiger partial charge on any atom is -0.482 e. The smallest absolute Gasteiger partial charge is 0.278 e. The standard InChI is InChI=1S/C18H19N3O3/c1-3-10-20-13(2)19-21-11-9-15(22)17(16(21)18(20)23)24-12-14-7-5-4-6-8-14/h3-9,11,13,19H,1,10,12H2,2H3. The van der Waals surface area contributed by atoms with Gasteiger partial charge in [0, 0.05) is 18.8 Å². The molecule has 0 spiro atoms. The lowest BCUT2D eigenvalue weighted by molar-refractivity contribution is 0.0672. The highest BCUT2D eigenvalue weighted by molar-refractivity contribution is 5.96. The first-order valence-corrected chi connectivity index (χ1v) is 7.72. The molecule has 1 aromatic heterocycles. The molecule has 1 atom stereocenters. The minimum absolute atomic E-state index is 0.0554. The van der Waals surface area contributed by atoms with E-state index >= 15 is 0 Å². The fourth-order valence-electron chi connectivity index (χ4n) is 2.66. The zero-order chi connectivity index (χ0) is 17.1. The van der Waals surface area contributed by atoms with E-state index in [1.807, 2.05) is 37.3 Å². The number of benzene rings is 1. The molecule has 1 N–H and O–H groups in total. The predicted molar refractivity (Wildman–Crippen MR) is 91.5 cm³/mol. The van der Waals surface area contributed by atoms with Crippen molar-refractivity contribution >= 4 is 5.91 Å². The molecule has 0 radical (unpaired) electrons. The Labute approximate surface area is 139 Å². The topological polar surface area (TPSA) is 63.6 Å². The number of hydrogen-bond acceptors (Lipinski definition) is 4. The normalized spacial score (nSPS) is 16.3. The van der Waals surface area contributed by atoms with Crippen molar-refractivity contribution in [2.45, 2.75) is 19.7 Å². The van der Waals surface area contributed by atoms with Gasteiger partial charge in [0.05, 0.1) is 0 Å². The third kappa shape index (κ3) is 2.90. The van der Waals surface area contributed by atoms with Gasteiger partial charge in [0.2, 0.25) is 5.43 Å². The zero-order valence-corrected chi connectivity index (χ0v) is 13.4. The van der Waals surface area contributed by atoms with Crippen molar-refractivity contribution in [3.8, 4) is 5.75 Å². The maximum absolute atomic E-state index is 12.8. The highest BCUT2D eigenvalue weighted by Crippen LogP contribution is 2.21. The molecule has 0 saturated carbocycles. The SMILES string of the molecule is C=CCN1C(=O)c2c(OCc3ccccc3)c(=O)ccn2NC1C. The summed E-state index contributed by atoms with van der Waals surface area (Å²) in [6.07, 6.45) is 2.98. The Morgan fingerprint density at radius 2 is 2.00 bits per heavy atom. The van der Waals surface area contributed by atoms with Crippen molar-refractivity contribution < 1.29 is 9.53 Å². The lowest BCUT2D eigenvalue weighted by Gasteiger charge is -2.36. The van der Waals surface area contributed by atoms with Gasteiger partial charge in [0.25, 0.3) is 5.91 Å². The Morgan fingerprint density at radius 1 is 1.25 bits per heavy atom. The van der Waals surface area contributed by atoms with E-state index in [2.05, 4.69) is 12.0 Å². The van der Waals surface area contributed by atoms with Crippen molar-refractivity contribution in [2.75, 3.05) is 12.0 Å². The Kier molecular flexibility index (Phi) is 4.37. The number of pyridine rings is 1. The molecule has 1 aliphatic heterocycles. The average molecular weight is 325 g/mol. The number of carbonyl (C=O) groups excluding carboxylic acids is 1. The van der Waals surface area contributed by atoms with E-state index in [1.54, 1.807) is 21.8 Å². The van der Waals surface area contributed by atoms with Crippen molar-refractivity contribution in [2.24, 2.45) is 0 Å². The van der Waals surface area contributed by atoms with Crippen LogP contribution in [-0.4, -0.2) is 28.2 Å². The van der Waals surface area contributed by atoms with Crippen LogP contribution in [-0.2, 0) is 6.61 Å². The number of nitrogens with zero attached hydrogens (tertiary/aromatic N) is 2. The summed E-state index contributed by atoms with van der Waals surface area (Å²) in [6, 6.07) is 10.9. The first kappa shape index (κ1) is 15.9. The van der Waals surface area contributed by atoms with Crippen LogP contribution in [0.5, 0.6) is 5.75 Å². The summed E-state index contributed by atoms with van der Waals surface area (Å²) in [4.78, 5) is 26.6. The summed E-state index contributed by atoms with van der Waals surface area (Å²) in [5.41, 5.74) is 3.96. The van der Waals surface area contributed by atoms with E-state index in [0.717, 1.165) is 5.56 Å². The predicted octanol–water partition coefficient (Wildman–Crippen LogP) is 1.96. The molecule has 1 amide bonds. The van der Waals surface area contributed by atoms with Gasteiger partial charge in [-0.3, -0.25) is 14.3 Å². The third-order valence-corrected chi connectivity index (χ3v) is 3.86. The lowest BCUT2D eigenvalue weighted by Crippen LogP contribution is -2.52. The molecule has 124 valence electrons. The summed E-state index contributed by atoms with van der Waals surface area (Å²) < 4.78 is 7.26. The maximum Gasteiger partial charge on any atom is 0.278 e.